The van der Waals surface area contributed by atoms with Crippen molar-refractivity contribution in [1.29, 1.82) is 10.5 Å². The van der Waals surface area contributed by atoms with E-state index in [0.29, 0.717) is 5.02 Å². The predicted molar refractivity (Wildman–Crippen MR) is 59.1 cm³/mol. The van der Waals surface area contributed by atoms with Gasteiger partial charge in [0.15, 0.2) is 0 Å². The van der Waals surface area contributed by atoms with Crippen molar-refractivity contribution in [2.24, 2.45) is 0 Å². The maximum atomic E-state index is 8.52. The van der Waals surface area contributed by atoms with Gasteiger partial charge in [-0.2, -0.15) is 10.5 Å². The quantitative estimate of drug-likeness (QED) is 0.775. The Morgan fingerprint density at radius 1 is 1.40 bits per heavy atom. The number of anilines is 1. The van der Waals surface area contributed by atoms with Crippen LogP contribution in [0.5, 0.6) is 0 Å². The maximum Gasteiger partial charge on any atom is 0.145 e. The minimum absolute atomic E-state index is 0.0226. The minimum Gasteiger partial charge on any atom is -0.360 e. The van der Waals surface area contributed by atoms with Gasteiger partial charge in [0.25, 0.3) is 0 Å². The monoisotopic (exact) mass is 217 g/mol. The van der Waals surface area contributed by atoms with Crippen LogP contribution in [0.2, 0.25) is 5.02 Å². The average Bonchev–Trinajstić information content (AvgIpc) is 2.24. The molecule has 1 rings (SSSR count). The predicted octanol–water partition coefficient (Wildman–Crippen LogP) is 2.99. The lowest BCUT2D eigenvalue weighted by Crippen LogP contribution is -1.92. The summed E-state index contributed by atoms with van der Waals surface area (Å²) in [5.41, 5.74) is 1.80. The molecule has 0 aliphatic carbocycles. The van der Waals surface area contributed by atoms with E-state index in [1.807, 2.05) is 13.0 Å². The Morgan fingerprint density at radius 2 is 2.07 bits per heavy atom. The molecule has 0 heterocycles. The van der Waals surface area contributed by atoms with Gasteiger partial charge in [-0.1, -0.05) is 17.7 Å². The molecule has 0 unspecified atom stereocenters. The first-order valence-corrected chi connectivity index (χ1v) is 4.58. The molecule has 0 bridgehead atoms. The molecule has 0 aromatic heterocycles. The van der Waals surface area contributed by atoms with Crippen molar-refractivity contribution >= 4 is 17.3 Å². The maximum absolute atomic E-state index is 8.52. The second-order valence-electron chi connectivity index (χ2n) is 2.89. The molecule has 0 aliphatic heterocycles. The molecular formula is C11H8ClN3. The third-order valence-corrected chi connectivity index (χ3v) is 2.05. The van der Waals surface area contributed by atoms with Crippen LogP contribution in [0.15, 0.2) is 30.0 Å². The summed E-state index contributed by atoms with van der Waals surface area (Å²) in [6.45, 7) is 1.91. The number of nitrogens with one attached hydrogen (secondary N) is 1. The highest BCUT2D eigenvalue weighted by Crippen LogP contribution is 2.20. The molecule has 0 aliphatic rings. The number of hydrogen-bond donors (Lipinski definition) is 1. The molecule has 0 amide bonds. The van der Waals surface area contributed by atoms with Crippen molar-refractivity contribution in [1.82, 2.24) is 0 Å². The first kappa shape index (κ1) is 11.1. The van der Waals surface area contributed by atoms with Crippen molar-refractivity contribution in [3.8, 4) is 12.1 Å². The van der Waals surface area contributed by atoms with Gasteiger partial charge in [-0.3, -0.25) is 0 Å². The summed E-state index contributed by atoms with van der Waals surface area (Å²) in [6, 6.07) is 8.89. The van der Waals surface area contributed by atoms with E-state index in [-0.39, 0.29) is 5.57 Å². The SMILES string of the molecule is Cc1ccc(Cl)cc1NC=C(C#N)C#N. The van der Waals surface area contributed by atoms with Crippen molar-refractivity contribution in [2.75, 3.05) is 5.32 Å². The summed E-state index contributed by atoms with van der Waals surface area (Å²) in [5.74, 6) is 0. The fraction of sp³-hybridized carbons (Fsp3) is 0.0909. The summed E-state index contributed by atoms with van der Waals surface area (Å²) in [7, 11) is 0. The second kappa shape index (κ2) is 5.05. The molecule has 1 aromatic carbocycles. The Bertz CT molecular complexity index is 462. The van der Waals surface area contributed by atoms with Gasteiger partial charge in [0, 0.05) is 16.9 Å². The topological polar surface area (TPSA) is 59.6 Å². The zero-order chi connectivity index (χ0) is 11.3. The second-order valence-corrected chi connectivity index (χ2v) is 3.32. The molecule has 0 radical (unpaired) electrons. The molecule has 0 atom stereocenters. The van der Waals surface area contributed by atoms with Crippen LogP contribution < -0.4 is 5.32 Å². The van der Waals surface area contributed by atoms with E-state index in [2.05, 4.69) is 5.32 Å². The molecule has 15 heavy (non-hydrogen) atoms. The van der Waals surface area contributed by atoms with Crippen LogP contribution in [0.3, 0.4) is 0 Å². The molecule has 0 spiro atoms. The normalized spacial score (nSPS) is 8.53. The Kier molecular flexibility index (Phi) is 3.74. The first-order chi connectivity index (χ1) is 7.17. The van der Waals surface area contributed by atoms with Gasteiger partial charge in [-0.15, -0.1) is 0 Å². The summed E-state index contributed by atoms with van der Waals surface area (Å²) in [6.07, 6.45) is 1.36. The highest BCUT2D eigenvalue weighted by Gasteiger charge is 1.98. The fourth-order valence-corrected chi connectivity index (χ4v) is 1.16. The molecule has 3 nitrogen and oxygen atoms in total. The number of allylic oxidation sites excluding steroid dienone is 1. The number of nitrogens with zero attached hydrogens (tertiary/aromatic N) is 2. The van der Waals surface area contributed by atoms with Gasteiger partial charge >= 0.3 is 0 Å². The largest absolute Gasteiger partial charge is 0.360 e. The summed E-state index contributed by atoms with van der Waals surface area (Å²) < 4.78 is 0. The Morgan fingerprint density at radius 3 is 2.67 bits per heavy atom. The summed E-state index contributed by atoms with van der Waals surface area (Å²) in [5, 5.41) is 20.5. The minimum atomic E-state index is 0.0226. The van der Waals surface area contributed by atoms with Gasteiger partial charge < -0.3 is 5.32 Å². The lowest BCUT2D eigenvalue weighted by molar-refractivity contribution is 1.41. The number of rotatable bonds is 2. The van der Waals surface area contributed by atoms with Crippen LogP contribution >= 0.6 is 11.6 Å². The van der Waals surface area contributed by atoms with E-state index < -0.39 is 0 Å². The van der Waals surface area contributed by atoms with E-state index >= 15 is 0 Å². The number of halogens is 1. The van der Waals surface area contributed by atoms with Crippen LogP contribution in [0.25, 0.3) is 0 Å². The number of aryl methyl sites for hydroxylation is 1. The Balaban J connectivity index is 2.92. The molecular weight excluding hydrogens is 210 g/mol. The van der Waals surface area contributed by atoms with Crippen LogP contribution in [-0.2, 0) is 0 Å². The van der Waals surface area contributed by atoms with E-state index in [9.17, 15) is 0 Å². The van der Waals surface area contributed by atoms with Gasteiger partial charge in [0.1, 0.15) is 17.7 Å². The van der Waals surface area contributed by atoms with Gasteiger partial charge in [-0.05, 0) is 24.6 Å². The van der Waals surface area contributed by atoms with Crippen molar-refractivity contribution < 1.29 is 0 Å². The van der Waals surface area contributed by atoms with Gasteiger partial charge in [0.2, 0.25) is 0 Å². The fourth-order valence-electron chi connectivity index (χ4n) is 0.989. The van der Waals surface area contributed by atoms with E-state index in [1.54, 1.807) is 24.3 Å². The standard InChI is InChI=1S/C11H8ClN3/c1-8-2-3-10(12)4-11(8)15-7-9(5-13)6-14/h2-4,7,15H,1H3. The highest BCUT2D eigenvalue weighted by molar-refractivity contribution is 6.30. The molecule has 1 aromatic rings. The van der Waals surface area contributed by atoms with E-state index in [4.69, 9.17) is 22.1 Å². The summed E-state index contributed by atoms with van der Waals surface area (Å²) in [4.78, 5) is 0. The first-order valence-electron chi connectivity index (χ1n) is 4.20. The van der Waals surface area contributed by atoms with Gasteiger partial charge in [0.05, 0.1) is 0 Å². The number of nitriles is 2. The third-order valence-electron chi connectivity index (χ3n) is 1.81. The van der Waals surface area contributed by atoms with Crippen molar-refractivity contribution in [3.05, 3.63) is 40.6 Å². The lowest BCUT2D eigenvalue weighted by atomic mass is 10.2. The Hall–Kier alpha value is -1.97. The molecule has 0 fully saturated rings. The summed E-state index contributed by atoms with van der Waals surface area (Å²) >= 11 is 5.81. The van der Waals surface area contributed by atoms with Gasteiger partial charge in [-0.25, -0.2) is 0 Å². The highest BCUT2D eigenvalue weighted by atomic mass is 35.5. The zero-order valence-corrected chi connectivity index (χ0v) is 8.84. The molecule has 74 valence electrons. The molecule has 0 saturated heterocycles. The van der Waals surface area contributed by atoms with Crippen molar-refractivity contribution in [2.45, 2.75) is 6.92 Å². The molecule has 1 N–H and O–H groups in total. The zero-order valence-electron chi connectivity index (χ0n) is 8.08. The molecule has 0 saturated carbocycles. The smallest absolute Gasteiger partial charge is 0.145 e. The van der Waals surface area contributed by atoms with E-state index in [0.717, 1.165) is 11.3 Å². The van der Waals surface area contributed by atoms with E-state index in [1.165, 1.54) is 6.20 Å². The average molecular weight is 218 g/mol. The molecule has 4 heteroatoms. The van der Waals surface area contributed by atoms with Crippen LogP contribution in [0, 0.1) is 29.6 Å². The van der Waals surface area contributed by atoms with Crippen molar-refractivity contribution in [3.63, 3.8) is 0 Å². The Labute approximate surface area is 93.2 Å². The van der Waals surface area contributed by atoms with Crippen LogP contribution in [0.1, 0.15) is 5.56 Å². The number of hydrogen-bond acceptors (Lipinski definition) is 3. The van der Waals surface area contributed by atoms with Crippen LogP contribution in [0.4, 0.5) is 5.69 Å². The van der Waals surface area contributed by atoms with Crippen LogP contribution in [-0.4, -0.2) is 0 Å². The number of benzene rings is 1. The third kappa shape index (κ3) is 3.02. The lowest BCUT2D eigenvalue weighted by Gasteiger charge is -2.05.